The summed E-state index contributed by atoms with van der Waals surface area (Å²) in [6, 6.07) is 10.3. The molecule has 1 saturated heterocycles. The van der Waals surface area contributed by atoms with Crippen LogP contribution in [0.3, 0.4) is 0 Å². The maximum atomic E-state index is 5.94. The molecule has 5 heteroatoms. The second kappa shape index (κ2) is 7.53. The van der Waals surface area contributed by atoms with Crippen molar-refractivity contribution >= 4 is 17.4 Å². The Labute approximate surface area is 161 Å². The van der Waals surface area contributed by atoms with Gasteiger partial charge < -0.3 is 10.6 Å². The van der Waals surface area contributed by atoms with Crippen molar-refractivity contribution in [2.45, 2.75) is 70.5 Å². The van der Waals surface area contributed by atoms with Gasteiger partial charge in [0.25, 0.3) is 0 Å². The normalized spacial score (nSPS) is 19.3. The molecule has 0 amide bonds. The van der Waals surface area contributed by atoms with Crippen LogP contribution in [0.2, 0.25) is 5.02 Å². The third kappa shape index (κ3) is 5.42. The molecule has 0 radical (unpaired) electrons. The molecule has 0 unspecified atom stereocenters. The fraction of sp³-hybridized carbons (Fsp3) is 0.524. The van der Waals surface area contributed by atoms with Crippen molar-refractivity contribution in [2.24, 2.45) is 0 Å². The molecule has 1 aromatic heterocycles. The predicted octanol–water partition coefficient (Wildman–Crippen LogP) is 4.64. The van der Waals surface area contributed by atoms with E-state index in [2.05, 4.69) is 55.4 Å². The van der Waals surface area contributed by atoms with Crippen LogP contribution in [0.25, 0.3) is 0 Å². The first-order valence-corrected chi connectivity index (χ1v) is 9.71. The van der Waals surface area contributed by atoms with Crippen molar-refractivity contribution < 1.29 is 0 Å². The van der Waals surface area contributed by atoms with E-state index in [4.69, 9.17) is 16.6 Å². The number of nitrogens with zero attached hydrogens (tertiary/aromatic N) is 2. The van der Waals surface area contributed by atoms with Crippen LogP contribution >= 0.6 is 11.6 Å². The molecule has 0 spiro atoms. The number of halogens is 1. The minimum Gasteiger partial charge on any atom is -0.367 e. The first-order valence-electron chi connectivity index (χ1n) is 9.33. The minimum absolute atomic E-state index is 0.115. The molecular weight excluding hydrogens is 344 g/mol. The molecule has 0 bridgehead atoms. The SMILES string of the molecule is CC1(C)CC(Nc2ccnc(CCc3ccc(Cl)cc3)n2)CC(C)(C)N1. The molecule has 1 aliphatic heterocycles. The number of aromatic nitrogens is 2. The van der Waals surface area contributed by atoms with Crippen molar-refractivity contribution in [2.75, 3.05) is 5.32 Å². The lowest BCUT2D eigenvalue weighted by Gasteiger charge is -2.46. The standard InChI is InChI=1S/C21H29ClN4/c1-20(2)13-17(14-21(3,4)26-20)24-19-11-12-23-18(25-19)10-7-15-5-8-16(22)9-6-15/h5-6,8-9,11-12,17,26H,7,10,13-14H2,1-4H3,(H,23,24,25). The Morgan fingerprint density at radius 1 is 1.04 bits per heavy atom. The zero-order chi connectivity index (χ0) is 18.8. The van der Waals surface area contributed by atoms with Gasteiger partial charge in [0.15, 0.2) is 0 Å². The van der Waals surface area contributed by atoms with Gasteiger partial charge in [0.1, 0.15) is 11.6 Å². The summed E-state index contributed by atoms with van der Waals surface area (Å²) in [5.74, 6) is 1.79. The number of hydrogen-bond donors (Lipinski definition) is 2. The highest BCUT2D eigenvalue weighted by atomic mass is 35.5. The maximum absolute atomic E-state index is 5.94. The third-order valence-corrected chi connectivity index (χ3v) is 5.05. The predicted molar refractivity (Wildman–Crippen MR) is 109 cm³/mol. The number of benzene rings is 1. The lowest BCUT2D eigenvalue weighted by Crippen LogP contribution is -2.60. The van der Waals surface area contributed by atoms with Gasteiger partial charge in [0, 0.05) is 34.8 Å². The van der Waals surface area contributed by atoms with Gasteiger partial charge in [-0.2, -0.15) is 0 Å². The summed E-state index contributed by atoms with van der Waals surface area (Å²) in [5.41, 5.74) is 1.48. The van der Waals surface area contributed by atoms with Crippen LogP contribution in [-0.4, -0.2) is 27.1 Å². The average Bonchev–Trinajstić information content (AvgIpc) is 2.51. The van der Waals surface area contributed by atoms with E-state index in [0.29, 0.717) is 6.04 Å². The highest BCUT2D eigenvalue weighted by Gasteiger charge is 2.37. The van der Waals surface area contributed by atoms with Crippen molar-refractivity contribution in [1.29, 1.82) is 0 Å². The topological polar surface area (TPSA) is 49.8 Å². The molecule has 2 aromatic rings. The molecule has 1 aromatic carbocycles. The molecule has 0 aliphatic carbocycles. The Morgan fingerprint density at radius 3 is 2.35 bits per heavy atom. The molecule has 2 N–H and O–H groups in total. The van der Waals surface area contributed by atoms with Crippen molar-refractivity contribution in [1.82, 2.24) is 15.3 Å². The summed E-state index contributed by atoms with van der Waals surface area (Å²) in [5, 5.41) is 8.12. The Bertz CT molecular complexity index is 724. The summed E-state index contributed by atoms with van der Waals surface area (Å²) in [7, 11) is 0. The maximum Gasteiger partial charge on any atom is 0.130 e. The van der Waals surface area contributed by atoms with Crippen LogP contribution in [0.5, 0.6) is 0 Å². The highest BCUT2D eigenvalue weighted by molar-refractivity contribution is 6.30. The van der Waals surface area contributed by atoms with E-state index in [1.807, 2.05) is 24.4 Å². The monoisotopic (exact) mass is 372 g/mol. The number of hydrogen-bond acceptors (Lipinski definition) is 4. The smallest absolute Gasteiger partial charge is 0.130 e. The lowest BCUT2D eigenvalue weighted by molar-refractivity contribution is 0.170. The van der Waals surface area contributed by atoms with Gasteiger partial charge in [-0.25, -0.2) is 9.97 Å². The van der Waals surface area contributed by atoms with Crippen molar-refractivity contribution in [3.63, 3.8) is 0 Å². The van der Waals surface area contributed by atoms with E-state index in [1.165, 1.54) is 5.56 Å². The van der Waals surface area contributed by atoms with Crippen molar-refractivity contribution in [3.05, 3.63) is 52.9 Å². The molecule has 140 valence electrons. The zero-order valence-corrected chi connectivity index (χ0v) is 16.9. The summed E-state index contributed by atoms with van der Waals surface area (Å²) >= 11 is 5.94. The van der Waals surface area contributed by atoms with Gasteiger partial charge in [-0.1, -0.05) is 23.7 Å². The molecule has 1 aliphatic rings. The Morgan fingerprint density at radius 2 is 1.69 bits per heavy atom. The van der Waals surface area contributed by atoms with E-state index >= 15 is 0 Å². The molecule has 26 heavy (non-hydrogen) atoms. The van der Waals surface area contributed by atoms with Crippen LogP contribution in [0.15, 0.2) is 36.5 Å². The van der Waals surface area contributed by atoms with Crippen LogP contribution in [0.4, 0.5) is 5.82 Å². The van der Waals surface area contributed by atoms with Gasteiger partial charge in [0.2, 0.25) is 0 Å². The highest BCUT2D eigenvalue weighted by Crippen LogP contribution is 2.30. The molecule has 2 heterocycles. The quantitative estimate of drug-likeness (QED) is 0.802. The molecule has 0 saturated carbocycles. The number of piperidine rings is 1. The lowest BCUT2D eigenvalue weighted by atomic mass is 9.79. The molecule has 0 atom stereocenters. The van der Waals surface area contributed by atoms with Crippen LogP contribution < -0.4 is 10.6 Å². The number of anilines is 1. The van der Waals surface area contributed by atoms with E-state index in [0.717, 1.165) is 42.3 Å². The van der Waals surface area contributed by atoms with Crippen molar-refractivity contribution in [3.8, 4) is 0 Å². The largest absolute Gasteiger partial charge is 0.367 e. The number of aryl methyl sites for hydroxylation is 2. The summed E-state index contributed by atoms with van der Waals surface area (Å²) in [6.07, 6.45) is 5.72. The fourth-order valence-electron chi connectivity index (χ4n) is 4.14. The first kappa shape index (κ1) is 19.1. The van der Waals surface area contributed by atoms with Crippen LogP contribution in [0.1, 0.15) is 51.9 Å². The van der Waals surface area contributed by atoms with E-state index < -0.39 is 0 Å². The van der Waals surface area contributed by atoms with Crippen LogP contribution in [0, 0.1) is 0 Å². The van der Waals surface area contributed by atoms with E-state index in [1.54, 1.807) is 0 Å². The molecule has 3 rings (SSSR count). The fourth-order valence-corrected chi connectivity index (χ4v) is 4.27. The van der Waals surface area contributed by atoms with E-state index in [9.17, 15) is 0 Å². The number of nitrogens with one attached hydrogen (secondary N) is 2. The Hall–Kier alpha value is -1.65. The molecule has 4 nitrogen and oxygen atoms in total. The molecule has 1 fully saturated rings. The average molecular weight is 373 g/mol. The van der Waals surface area contributed by atoms with Crippen LogP contribution in [-0.2, 0) is 12.8 Å². The van der Waals surface area contributed by atoms with Gasteiger partial charge in [-0.15, -0.1) is 0 Å². The van der Waals surface area contributed by atoms with E-state index in [-0.39, 0.29) is 11.1 Å². The molecular formula is C21H29ClN4. The summed E-state index contributed by atoms with van der Waals surface area (Å²) in [6.45, 7) is 9.06. The second-order valence-electron chi connectivity index (χ2n) is 8.63. The third-order valence-electron chi connectivity index (χ3n) is 4.80. The summed E-state index contributed by atoms with van der Waals surface area (Å²) in [4.78, 5) is 9.16. The Kier molecular flexibility index (Phi) is 5.54. The zero-order valence-electron chi connectivity index (χ0n) is 16.1. The van der Waals surface area contributed by atoms with Gasteiger partial charge >= 0.3 is 0 Å². The Balaban J connectivity index is 1.62. The summed E-state index contributed by atoms with van der Waals surface area (Å²) < 4.78 is 0. The van der Waals surface area contributed by atoms with Gasteiger partial charge in [-0.05, 0) is 70.7 Å². The van der Waals surface area contributed by atoms with Gasteiger partial charge in [0.05, 0.1) is 0 Å². The number of rotatable bonds is 5. The first-order chi connectivity index (χ1) is 12.2. The minimum atomic E-state index is 0.115. The van der Waals surface area contributed by atoms with Gasteiger partial charge in [-0.3, -0.25) is 0 Å². The second-order valence-corrected chi connectivity index (χ2v) is 9.06.